The zero-order valence-electron chi connectivity index (χ0n) is 14.8. The van der Waals surface area contributed by atoms with Crippen LogP contribution in [0.25, 0.3) is 11.3 Å². The second-order valence-corrected chi connectivity index (χ2v) is 6.83. The Labute approximate surface area is 157 Å². The van der Waals surface area contributed by atoms with Gasteiger partial charge in [-0.1, -0.05) is 34.8 Å². The number of methoxy groups -OCH3 is 1. The molecule has 0 saturated heterocycles. The first-order valence-corrected chi connectivity index (χ1v) is 9.26. The maximum Gasteiger partial charge on any atom is 0.265 e. The number of carbonyl (C=O) groups excluding carboxylic acids is 1. The van der Waals surface area contributed by atoms with E-state index >= 15 is 0 Å². The van der Waals surface area contributed by atoms with Crippen LogP contribution < -0.4 is 10.1 Å². The van der Waals surface area contributed by atoms with Gasteiger partial charge < -0.3 is 10.1 Å². The lowest BCUT2D eigenvalue weighted by Crippen LogP contribution is -2.32. The summed E-state index contributed by atoms with van der Waals surface area (Å²) in [6.45, 7) is 2.02. The van der Waals surface area contributed by atoms with Gasteiger partial charge in [-0.25, -0.2) is 0 Å². The van der Waals surface area contributed by atoms with Crippen molar-refractivity contribution in [3.63, 3.8) is 0 Å². The average molecular weight is 367 g/mol. The van der Waals surface area contributed by atoms with E-state index in [0.29, 0.717) is 10.6 Å². The summed E-state index contributed by atoms with van der Waals surface area (Å²) in [5.41, 5.74) is 2.72. The summed E-state index contributed by atoms with van der Waals surface area (Å²) in [6, 6.07) is 17.8. The van der Waals surface area contributed by atoms with Gasteiger partial charge in [-0.15, -0.1) is 5.10 Å². The maximum atomic E-state index is 12.6. The van der Waals surface area contributed by atoms with Crippen molar-refractivity contribution in [3.05, 3.63) is 65.0 Å². The summed E-state index contributed by atoms with van der Waals surface area (Å²) in [5.74, 6) is 0.629. The monoisotopic (exact) mass is 367 g/mol. The number of rotatable bonds is 7. The Morgan fingerprint density at radius 3 is 2.58 bits per heavy atom. The maximum absolute atomic E-state index is 12.6. The summed E-state index contributed by atoms with van der Waals surface area (Å²) in [5, 5.41) is 7.18. The fourth-order valence-corrected chi connectivity index (χ4v) is 3.26. The molecule has 1 aromatic heterocycles. The molecule has 0 aliphatic rings. The van der Waals surface area contributed by atoms with Crippen LogP contribution in [0, 0.1) is 0 Å². The minimum absolute atomic E-state index is 0.0634. The topological polar surface area (TPSA) is 64.1 Å². The number of aromatic nitrogens is 2. The number of benzene rings is 2. The Balaban J connectivity index is 1.64. The van der Waals surface area contributed by atoms with Crippen LogP contribution in [0.1, 0.15) is 28.6 Å². The molecule has 1 N–H and O–H groups in total. The number of ether oxygens (including phenoxy) is 1. The molecular formula is C20H21N3O2S. The number of aryl methyl sites for hydroxylation is 1. The van der Waals surface area contributed by atoms with Gasteiger partial charge in [-0.05, 0) is 61.1 Å². The van der Waals surface area contributed by atoms with Crippen molar-refractivity contribution in [3.8, 4) is 17.0 Å². The lowest BCUT2D eigenvalue weighted by Gasteiger charge is -2.13. The molecule has 1 heterocycles. The summed E-state index contributed by atoms with van der Waals surface area (Å²) < 4.78 is 9.13. The second-order valence-electron chi connectivity index (χ2n) is 6.08. The Kier molecular flexibility index (Phi) is 5.96. The van der Waals surface area contributed by atoms with Crippen LogP contribution in [-0.4, -0.2) is 28.6 Å². The molecule has 134 valence electrons. The summed E-state index contributed by atoms with van der Waals surface area (Å²) in [7, 11) is 1.62. The van der Waals surface area contributed by atoms with Gasteiger partial charge in [0.2, 0.25) is 0 Å². The number of carbonyl (C=O) groups is 1. The molecule has 6 heteroatoms. The smallest absolute Gasteiger partial charge is 0.265 e. The molecule has 26 heavy (non-hydrogen) atoms. The van der Waals surface area contributed by atoms with Gasteiger partial charge in [0.1, 0.15) is 16.3 Å². The van der Waals surface area contributed by atoms with E-state index in [1.54, 1.807) is 7.11 Å². The van der Waals surface area contributed by atoms with Crippen LogP contribution in [-0.2, 0) is 6.42 Å². The average Bonchev–Trinajstić information content (AvgIpc) is 3.17. The fourth-order valence-electron chi connectivity index (χ4n) is 2.67. The fraction of sp³-hybridized carbons (Fsp3) is 0.250. The third kappa shape index (κ3) is 4.46. The highest BCUT2D eigenvalue weighted by molar-refractivity contribution is 7.08. The zero-order chi connectivity index (χ0) is 18.4. The molecule has 1 atom stereocenters. The van der Waals surface area contributed by atoms with Gasteiger partial charge in [0.05, 0.1) is 7.11 Å². The Hall–Kier alpha value is -2.73. The lowest BCUT2D eigenvalue weighted by molar-refractivity contribution is 0.0943. The molecular weight excluding hydrogens is 346 g/mol. The van der Waals surface area contributed by atoms with Gasteiger partial charge >= 0.3 is 0 Å². The number of nitrogens with one attached hydrogen (secondary N) is 1. The highest BCUT2D eigenvalue weighted by Gasteiger charge is 2.19. The molecule has 0 radical (unpaired) electrons. The minimum Gasteiger partial charge on any atom is -0.497 e. The Morgan fingerprint density at radius 2 is 1.88 bits per heavy atom. The van der Waals surface area contributed by atoms with E-state index in [0.717, 1.165) is 35.7 Å². The van der Waals surface area contributed by atoms with Gasteiger partial charge in [0.25, 0.3) is 5.91 Å². The Morgan fingerprint density at radius 1 is 1.15 bits per heavy atom. The number of nitrogens with zero attached hydrogens (tertiary/aromatic N) is 2. The Bertz CT molecular complexity index is 847. The van der Waals surface area contributed by atoms with Gasteiger partial charge in [-0.3, -0.25) is 4.79 Å². The first-order valence-electron chi connectivity index (χ1n) is 8.49. The predicted octanol–water partition coefficient (Wildman–Crippen LogP) is 3.96. The molecule has 0 fully saturated rings. The third-order valence-electron chi connectivity index (χ3n) is 4.14. The molecule has 3 rings (SSSR count). The first kappa shape index (κ1) is 18.1. The molecule has 0 unspecified atom stereocenters. The quantitative estimate of drug-likeness (QED) is 0.686. The standard InChI is InChI=1S/C20H21N3O2S/c1-14(8-9-15-6-4-3-5-7-15)21-20(24)19-18(22-23-26-19)16-10-12-17(25-2)13-11-16/h3-7,10-14H,8-9H2,1-2H3,(H,21,24)/t14-/m1/s1. The van der Waals surface area contributed by atoms with E-state index in [9.17, 15) is 4.79 Å². The lowest BCUT2D eigenvalue weighted by atomic mass is 10.1. The molecule has 2 aromatic carbocycles. The highest BCUT2D eigenvalue weighted by Crippen LogP contribution is 2.26. The van der Waals surface area contributed by atoms with E-state index in [4.69, 9.17) is 4.74 Å². The van der Waals surface area contributed by atoms with Gasteiger partial charge in [-0.2, -0.15) is 0 Å². The minimum atomic E-state index is -0.133. The molecule has 0 bridgehead atoms. The third-order valence-corrected chi connectivity index (χ3v) is 4.87. The molecule has 0 aliphatic carbocycles. The number of amides is 1. The van der Waals surface area contributed by atoms with E-state index in [1.165, 1.54) is 5.56 Å². The second kappa shape index (κ2) is 8.58. The summed E-state index contributed by atoms with van der Waals surface area (Å²) >= 11 is 1.11. The largest absolute Gasteiger partial charge is 0.497 e. The van der Waals surface area contributed by atoms with E-state index in [-0.39, 0.29) is 11.9 Å². The van der Waals surface area contributed by atoms with Crippen molar-refractivity contribution < 1.29 is 9.53 Å². The van der Waals surface area contributed by atoms with Gasteiger partial charge in [0, 0.05) is 11.6 Å². The van der Waals surface area contributed by atoms with Gasteiger partial charge in [0.15, 0.2) is 0 Å². The molecule has 3 aromatic rings. The highest BCUT2D eigenvalue weighted by atomic mass is 32.1. The predicted molar refractivity (Wildman–Crippen MR) is 104 cm³/mol. The van der Waals surface area contributed by atoms with Crippen molar-refractivity contribution in [2.45, 2.75) is 25.8 Å². The molecule has 5 nitrogen and oxygen atoms in total. The molecule has 0 saturated carbocycles. The molecule has 1 amide bonds. The van der Waals surface area contributed by atoms with Crippen molar-refractivity contribution in [1.29, 1.82) is 0 Å². The SMILES string of the molecule is COc1ccc(-c2nnsc2C(=O)N[C@H](C)CCc2ccccc2)cc1. The number of hydrogen-bond donors (Lipinski definition) is 1. The summed E-state index contributed by atoms with van der Waals surface area (Å²) in [6.07, 6.45) is 1.80. The normalized spacial score (nSPS) is 11.8. The van der Waals surface area contributed by atoms with Crippen molar-refractivity contribution in [1.82, 2.24) is 14.9 Å². The van der Waals surface area contributed by atoms with Crippen molar-refractivity contribution >= 4 is 17.4 Å². The van der Waals surface area contributed by atoms with Crippen LogP contribution >= 0.6 is 11.5 Å². The molecule has 0 spiro atoms. The van der Waals surface area contributed by atoms with E-state index < -0.39 is 0 Å². The van der Waals surface area contributed by atoms with Crippen LogP contribution in [0.4, 0.5) is 0 Å². The summed E-state index contributed by atoms with van der Waals surface area (Å²) in [4.78, 5) is 13.2. The van der Waals surface area contributed by atoms with Crippen LogP contribution in [0.3, 0.4) is 0 Å². The van der Waals surface area contributed by atoms with E-state index in [2.05, 4.69) is 27.0 Å². The first-order chi connectivity index (χ1) is 12.7. The van der Waals surface area contributed by atoms with Crippen molar-refractivity contribution in [2.75, 3.05) is 7.11 Å². The van der Waals surface area contributed by atoms with Crippen LogP contribution in [0.2, 0.25) is 0 Å². The van der Waals surface area contributed by atoms with Crippen LogP contribution in [0.15, 0.2) is 54.6 Å². The van der Waals surface area contributed by atoms with Crippen molar-refractivity contribution in [2.24, 2.45) is 0 Å². The van der Waals surface area contributed by atoms with E-state index in [1.807, 2.05) is 49.4 Å². The zero-order valence-corrected chi connectivity index (χ0v) is 15.6. The van der Waals surface area contributed by atoms with Crippen LogP contribution in [0.5, 0.6) is 5.75 Å². The molecule has 0 aliphatic heterocycles. The number of hydrogen-bond acceptors (Lipinski definition) is 5.